The number of rotatable bonds is 7. The molecule has 0 radical (unpaired) electrons. The molecule has 0 spiro atoms. The van der Waals surface area contributed by atoms with Crippen molar-refractivity contribution >= 4 is 49.8 Å². The van der Waals surface area contributed by atoms with Crippen molar-refractivity contribution in [1.82, 2.24) is 0 Å². The van der Waals surface area contributed by atoms with Crippen LogP contribution in [0.25, 0.3) is 77.2 Å². The van der Waals surface area contributed by atoms with Crippen LogP contribution in [-0.2, 0) is 0 Å². The molecule has 0 saturated heterocycles. The molecule has 1 heterocycles. The molecular formula is C52H35NO. The Bertz CT molecular complexity index is 2920. The van der Waals surface area contributed by atoms with E-state index in [1.807, 2.05) is 12.1 Å². The minimum absolute atomic E-state index is 0.887. The Morgan fingerprint density at radius 1 is 0.296 bits per heavy atom. The van der Waals surface area contributed by atoms with Gasteiger partial charge in [-0.05, 0) is 110 Å². The van der Waals surface area contributed by atoms with Crippen LogP contribution >= 0.6 is 0 Å². The van der Waals surface area contributed by atoms with Gasteiger partial charge in [0.15, 0.2) is 0 Å². The van der Waals surface area contributed by atoms with Crippen LogP contribution in [0.2, 0.25) is 0 Å². The van der Waals surface area contributed by atoms with Gasteiger partial charge in [-0.15, -0.1) is 0 Å². The van der Waals surface area contributed by atoms with Gasteiger partial charge in [0.2, 0.25) is 0 Å². The fraction of sp³-hybridized carbons (Fsp3) is 0. The van der Waals surface area contributed by atoms with E-state index in [4.69, 9.17) is 4.42 Å². The Kier molecular flexibility index (Phi) is 7.85. The minimum atomic E-state index is 0.887. The first-order valence-electron chi connectivity index (χ1n) is 18.4. The Morgan fingerprint density at radius 2 is 0.833 bits per heavy atom. The van der Waals surface area contributed by atoms with Gasteiger partial charge in [-0.25, -0.2) is 0 Å². The van der Waals surface area contributed by atoms with Crippen molar-refractivity contribution in [2.75, 3.05) is 4.90 Å². The largest absolute Gasteiger partial charge is 0.456 e. The molecule has 0 bridgehead atoms. The van der Waals surface area contributed by atoms with Gasteiger partial charge in [-0.3, -0.25) is 0 Å². The molecule has 0 amide bonds. The summed E-state index contributed by atoms with van der Waals surface area (Å²) in [6.07, 6.45) is 0. The number of furan rings is 1. The summed E-state index contributed by atoms with van der Waals surface area (Å²) in [7, 11) is 0. The summed E-state index contributed by atoms with van der Waals surface area (Å²) in [5.41, 5.74) is 14.4. The molecule has 0 aliphatic carbocycles. The molecular weight excluding hydrogens is 655 g/mol. The van der Waals surface area contributed by atoms with Crippen molar-refractivity contribution in [3.05, 3.63) is 212 Å². The van der Waals surface area contributed by atoms with Gasteiger partial charge in [-0.1, -0.05) is 152 Å². The highest BCUT2D eigenvalue weighted by molar-refractivity contribution is 6.06. The number of fused-ring (bicyclic) bond motifs is 4. The number of hydrogen-bond acceptors (Lipinski definition) is 2. The van der Waals surface area contributed by atoms with Gasteiger partial charge in [-0.2, -0.15) is 0 Å². The van der Waals surface area contributed by atoms with Gasteiger partial charge in [0.25, 0.3) is 0 Å². The van der Waals surface area contributed by atoms with Crippen molar-refractivity contribution in [2.24, 2.45) is 0 Å². The van der Waals surface area contributed by atoms with E-state index in [-0.39, 0.29) is 0 Å². The highest BCUT2D eigenvalue weighted by Gasteiger charge is 2.19. The fourth-order valence-corrected chi connectivity index (χ4v) is 7.72. The molecule has 0 aliphatic rings. The van der Waals surface area contributed by atoms with Crippen molar-refractivity contribution in [1.29, 1.82) is 0 Å². The lowest BCUT2D eigenvalue weighted by molar-refractivity contribution is 0.669. The number of nitrogens with zero attached hydrogens (tertiary/aromatic N) is 1. The minimum Gasteiger partial charge on any atom is -0.456 e. The van der Waals surface area contributed by atoms with Gasteiger partial charge < -0.3 is 9.32 Å². The lowest BCUT2D eigenvalue weighted by atomic mass is 9.97. The molecule has 10 aromatic rings. The van der Waals surface area contributed by atoms with Crippen LogP contribution in [0.1, 0.15) is 0 Å². The van der Waals surface area contributed by atoms with Crippen molar-refractivity contribution in [3.8, 4) is 44.5 Å². The highest BCUT2D eigenvalue weighted by Crippen LogP contribution is 2.43. The SMILES string of the molecule is c1ccc(-c2ccc(N(c3ccc(-c4cccc(-c5ccc6ccccc6c5)c4)cc3)c3ccccc3-c3ccc4c(c3)oc3ccccc34)cc2)cc1. The summed E-state index contributed by atoms with van der Waals surface area (Å²) >= 11 is 0. The van der Waals surface area contributed by atoms with E-state index in [9.17, 15) is 0 Å². The smallest absolute Gasteiger partial charge is 0.136 e. The Morgan fingerprint density at radius 3 is 1.63 bits per heavy atom. The Labute approximate surface area is 314 Å². The number of hydrogen-bond donors (Lipinski definition) is 0. The maximum atomic E-state index is 6.34. The molecule has 0 fully saturated rings. The van der Waals surface area contributed by atoms with E-state index in [1.165, 1.54) is 44.2 Å². The van der Waals surface area contributed by atoms with Gasteiger partial charge in [0.1, 0.15) is 11.2 Å². The van der Waals surface area contributed by atoms with Gasteiger partial charge in [0.05, 0.1) is 5.69 Å². The first-order valence-corrected chi connectivity index (χ1v) is 18.4. The first-order chi connectivity index (χ1) is 26.7. The average molecular weight is 690 g/mol. The van der Waals surface area contributed by atoms with E-state index >= 15 is 0 Å². The van der Waals surface area contributed by atoms with E-state index in [0.29, 0.717) is 0 Å². The van der Waals surface area contributed by atoms with Crippen molar-refractivity contribution in [2.45, 2.75) is 0 Å². The quantitative estimate of drug-likeness (QED) is 0.166. The van der Waals surface area contributed by atoms with Crippen LogP contribution in [0, 0.1) is 0 Å². The van der Waals surface area contributed by atoms with Crippen LogP contribution in [0.15, 0.2) is 217 Å². The molecule has 2 heteroatoms. The van der Waals surface area contributed by atoms with Crippen molar-refractivity contribution in [3.63, 3.8) is 0 Å². The molecule has 9 aromatic carbocycles. The van der Waals surface area contributed by atoms with Crippen LogP contribution in [-0.4, -0.2) is 0 Å². The van der Waals surface area contributed by atoms with Crippen LogP contribution < -0.4 is 4.90 Å². The molecule has 0 aliphatic heterocycles. The molecule has 0 saturated carbocycles. The average Bonchev–Trinajstić information content (AvgIpc) is 3.63. The second-order valence-corrected chi connectivity index (χ2v) is 13.8. The third-order valence-electron chi connectivity index (χ3n) is 10.5. The van der Waals surface area contributed by atoms with Crippen molar-refractivity contribution < 1.29 is 4.42 Å². The van der Waals surface area contributed by atoms with Gasteiger partial charge >= 0.3 is 0 Å². The van der Waals surface area contributed by atoms with Gasteiger partial charge in [0, 0.05) is 27.7 Å². The van der Waals surface area contributed by atoms with E-state index < -0.39 is 0 Å². The normalized spacial score (nSPS) is 11.3. The van der Waals surface area contributed by atoms with E-state index in [1.54, 1.807) is 0 Å². The molecule has 0 N–H and O–H groups in total. The third kappa shape index (κ3) is 5.81. The summed E-state index contributed by atoms with van der Waals surface area (Å²) in [5, 5.41) is 4.76. The predicted octanol–water partition coefficient (Wildman–Crippen LogP) is 14.9. The molecule has 10 rings (SSSR count). The van der Waals surface area contributed by atoms with E-state index in [2.05, 4.69) is 205 Å². The lowest BCUT2D eigenvalue weighted by Gasteiger charge is -2.28. The summed E-state index contributed by atoms with van der Waals surface area (Å²) < 4.78 is 6.34. The fourth-order valence-electron chi connectivity index (χ4n) is 7.72. The highest BCUT2D eigenvalue weighted by atomic mass is 16.3. The number of para-hydroxylation sites is 2. The van der Waals surface area contributed by atoms with Crippen LogP contribution in [0.5, 0.6) is 0 Å². The monoisotopic (exact) mass is 689 g/mol. The zero-order chi connectivity index (χ0) is 35.8. The lowest BCUT2D eigenvalue weighted by Crippen LogP contribution is -2.11. The third-order valence-corrected chi connectivity index (χ3v) is 10.5. The maximum absolute atomic E-state index is 6.34. The summed E-state index contributed by atoms with van der Waals surface area (Å²) in [5.74, 6) is 0. The topological polar surface area (TPSA) is 16.4 Å². The first kappa shape index (κ1) is 31.6. The van der Waals surface area contributed by atoms with E-state index in [0.717, 1.165) is 50.1 Å². The summed E-state index contributed by atoms with van der Waals surface area (Å²) in [6, 6.07) is 75.9. The summed E-state index contributed by atoms with van der Waals surface area (Å²) in [6.45, 7) is 0. The molecule has 1 aromatic heterocycles. The Balaban J connectivity index is 1.06. The zero-order valence-electron chi connectivity index (χ0n) is 29.6. The molecule has 2 nitrogen and oxygen atoms in total. The second kappa shape index (κ2) is 13.4. The standard InChI is InChI=1S/C52H35NO/c1-2-11-36(12-3-1)38-23-28-45(29-24-38)53(50-19-8-6-17-47(50)44-27-32-49-48-18-7-9-20-51(48)54-52(49)35-44)46-30-25-39(26-31-46)41-15-10-16-42(33-41)43-22-21-37-13-4-5-14-40(37)34-43/h1-35H. The van der Waals surface area contributed by atoms with Crippen LogP contribution in [0.3, 0.4) is 0 Å². The molecule has 54 heavy (non-hydrogen) atoms. The predicted molar refractivity (Wildman–Crippen MR) is 228 cm³/mol. The van der Waals surface area contributed by atoms with Crippen LogP contribution in [0.4, 0.5) is 17.1 Å². The zero-order valence-corrected chi connectivity index (χ0v) is 29.6. The molecule has 254 valence electrons. The summed E-state index contributed by atoms with van der Waals surface area (Å²) in [4.78, 5) is 2.36. The molecule has 0 atom stereocenters. The number of anilines is 3. The number of benzene rings is 9. The molecule has 0 unspecified atom stereocenters. The maximum Gasteiger partial charge on any atom is 0.136 e. The Hall–Kier alpha value is -7.16. The second-order valence-electron chi connectivity index (χ2n) is 13.8.